The van der Waals surface area contributed by atoms with E-state index in [9.17, 15) is 4.79 Å². The van der Waals surface area contributed by atoms with E-state index in [2.05, 4.69) is 31.7 Å². The van der Waals surface area contributed by atoms with Crippen LogP contribution in [0, 0.1) is 6.92 Å². The third-order valence-electron chi connectivity index (χ3n) is 2.97. The van der Waals surface area contributed by atoms with Crippen LogP contribution in [0.2, 0.25) is 0 Å². The number of amides is 1. The van der Waals surface area contributed by atoms with Crippen molar-refractivity contribution in [1.82, 2.24) is 20.4 Å². The zero-order valence-electron chi connectivity index (χ0n) is 11.9. The predicted molar refractivity (Wildman–Crippen MR) is 89.5 cm³/mol. The number of likely N-dealkylation sites (N-methyl/N-ethyl adjacent to an activating group) is 1. The molecule has 0 aliphatic heterocycles. The van der Waals surface area contributed by atoms with Crippen molar-refractivity contribution < 1.29 is 4.79 Å². The van der Waals surface area contributed by atoms with E-state index in [1.54, 1.807) is 10.9 Å². The van der Waals surface area contributed by atoms with Crippen molar-refractivity contribution in [2.45, 2.75) is 6.92 Å². The van der Waals surface area contributed by atoms with Gasteiger partial charge in [-0.1, -0.05) is 22.0 Å². The van der Waals surface area contributed by atoms with Crippen molar-refractivity contribution in [2.24, 2.45) is 0 Å². The molecule has 1 aromatic carbocycles. The molecule has 0 fully saturated rings. The zero-order chi connectivity index (χ0) is 14.5. The van der Waals surface area contributed by atoms with Gasteiger partial charge < -0.3 is 10.6 Å². The average molecular weight is 374 g/mol. The lowest BCUT2D eigenvalue weighted by molar-refractivity contribution is 0.0953. The topological polar surface area (TPSA) is 58.9 Å². The van der Waals surface area contributed by atoms with Crippen molar-refractivity contribution in [3.8, 4) is 5.69 Å². The van der Waals surface area contributed by atoms with E-state index in [4.69, 9.17) is 0 Å². The maximum atomic E-state index is 12.1. The molecule has 7 heteroatoms. The Bertz CT molecular complexity index is 615. The normalized spacial score (nSPS) is 10.0. The third kappa shape index (κ3) is 4.30. The number of hydrogen-bond acceptors (Lipinski definition) is 3. The molecule has 0 radical (unpaired) electrons. The van der Waals surface area contributed by atoms with Crippen molar-refractivity contribution in [3.63, 3.8) is 0 Å². The Morgan fingerprint density at radius 1 is 1.38 bits per heavy atom. The van der Waals surface area contributed by atoms with Gasteiger partial charge in [0.05, 0.1) is 23.1 Å². The molecule has 0 saturated heterocycles. The van der Waals surface area contributed by atoms with E-state index in [1.807, 2.05) is 38.2 Å². The van der Waals surface area contributed by atoms with Gasteiger partial charge in [-0.25, -0.2) is 4.68 Å². The first-order valence-corrected chi connectivity index (χ1v) is 7.16. The molecule has 2 rings (SSSR count). The lowest BCUT2D eigenvalue weighted by Crippen LogP contribution is -2.30. The Kier molecular flexibility index (Phi) is 6.87. The number of hydrogen-bond donors (Lipinski definition) is 2. The summed E-state index contributed by atoms with van der Waals surface area (Å²) in [7, 11) is 1.85. The molecule has 0 atom stereocenters. The lowest BCUT2D eigenvalue weighted by atomic mass is 10.2. The summed E-state index contributed by atoms with van der Waals surface area (Å²) in [5.74, 6) is -0.0982. The number of nitrogens with zero attached hydrogens (tertiary/aromatic N) is 2. The minimum absolute atomic E-state index is 0. The highest BCUT2D eigenvalue weighted by molar-refractivity contribution is 9.10. The molecule has 1 amide bonds. The first kappa shape index (κ1) is 17.7. The minimum Gasteiger partial charge on any atom is -0.351 e. The van der Waals surface area contributed by atoms with E-state index < -0.39 is 0 Å². The van der Waals surface area contributed by atoms with Crippen LogP contribution in [0.4, 0.5) is 0 Å². The molecule has 114 valence electrons. The highest BCUT2D eigenvalue weighted by Crippen LogP contribution is 2.18. The fourth-order valence-corrected chi connectivity index (χ4v) is 2.28. The molecular formula is C14H18BrClN4O. The van der Waals surface area contributed by atoms with Crippen LogP contribution >= 0.6 is 28.3 Å². The lowest BCUT2D eigenvalue weighted by Gasteiger charge is -2.07. The SMILES string of the molecule is CNCCNC(=O)c1cnn(-c2cccc(Br)c2)c1C.Cl. The first-order valence-electron chi connectivity index (χ1n) is 6.37. The summed E-state index contributed by atoms with van der Waals surface area (Å²) in [6, 6.07) is 7.80. The number of rotatable bonds is 5. The van der Waals surface area contributed by atoms with Gasteiger partial charge >= 0.3 is 0 Å². The zero-order valence-corrected chi connectivity index (χ0v) is 14.3. The Morgan fingerprint density at radius 2 is 2.14 bits per heavy atom. The largest absolute Gasteiger partial charge is 0.351 e. The van der Waals surface area contributed by atoms with Gasteiger partial charge in [0.1, 0.15) is 0 Å². The summed E-state index contributed by atoms with van der Waals surface area (Å²) in [6.07, 6.45) is 1.60. The Morgan fingerprint density at radius 3 is 2.81 bits per heavy atom. The molecule has 0 saturated carbocycles. The highest BCUT2D eigenvalue weighted by Gasteiger charge is 2.14. The number of halogens is 2. The monoisotopic (exact) mass is 372 g/mol. The number of nitrogens with one attached hydrogen (secondary N) is 2. The Labute approximate surface area is 138 Å². The highest BCUT2D eigenvalue weighted by atomic mass is 79.9. The molecular weight excluding hydrogens is 356 g/mol. The molecule has 5 nitrogen and oxygen atoms in total. The molecule has 0 aliphatic rings. The molecule has 0 unspecified atom stereocenters. The summed E-state index contributed by atoms with van der Waals surface area (Å²) < 4.78 is 2.74. The summed E-state index contributed by atoms with van der Waals surface area (Å²) >= 11 is 3.43. The van der Waals surface area contributed by atoms with Gasteiger partial charge in [0.25, 0.3) is 5.91 Å². The maximum absolute atomic E-state index is 12.1. The van der Waals surface area contributed by atoms with E-state index in [1.165, 1.54) is 0 Å². The van der Waals surface area contributed by atoms with Crippen LogP contribution in [0.5, 0.6) is 0 Å². The van der Waals surface area contributed by atoms with Gasteiger partial charge in [0.2, 0.25) is 0 Å². The summed E-state index contributed by atoms with van der Waals surface area (Å²) in [5.41, 5.74) is 2.34. The van der Waals surface area contributed by atoms with Gasteiger partial charge in [0.15, 0.2) is 0 Å². The van der Waals surface area contributed by atoms with Crippen molar-refractivity contribution in [1.29, 1.82) is 0 Å². The van der Waals surface area contributed by atoms with Gasteiger partial charge in [-0.2, -0.15) is 5.10 Å². The number of benzene rings is 1. The van der Waals surface area contributed by atoms with E-state index in [0.29, 0.717) is 12.1 Å². The second-order valence-electron chi connectivity index (χ2n) is 4.39. The van der Waals surface area contributed by atoms with Crippen LogP contribution in [0.25, 0.3) is 5.69 Å². The van der Waals surface area contributed by atoms with Crippen LogP contribution < -0.4 is 10.6 Å². The fraction of sp³-hybridized carbons (Fsp3) is 0.286. The number of carbonyl (C=O) groups excluding carboxylic acids is 1. The van der Waals surface area contributed by atoms with Gasteiger partial charge in [-0.15, -0.1) is 12.4 Å². The smallest absolute Gasteiger partial charge is 0.254 e. The molecule has 0 spiro atoms. The summed E-state index contributed by atoms with van der Waals surface area (Å²) in [4.78, 5) is 12.1. The molecule has 1 heterocycles. The standard InChI is InChI=1S/C14H17BrN4O.ClH/c1-10-13(14(20)17-7-6-16-2)9-18-19(10)12-5-3-4-11(15)8-12;/h3-5,8-9,16H,6-7H2,1-2H3,(H,17,20);1H. The molecule has 0 bridgehead atoms. The maximum Gasteiger partial charge on any atom is 0.254 e. The summed E-state index contributed by atoms with van der Waals surface area (Å²) in [6.45, 7) is 3.22. The minimum atomic E-state index is -0.0982. The van der Waals surface area contributed by atoms with Gasteiger partial charge in [-0.05, 0) is 32.2 Å². The van der Waals surface area contributed by atoms with Crippen LogP contribution in [0.3, 0.4) is 0 Å². The fourth-order valence-electron chi connectivity index (χ4n) is 1.90. The van der Waals surface area contributed by atoms with Gasteiger partial charge in [-0.3, -0.25) is 4.79 Å². The molecule has 1 aromatic heterocycles. The molecule has 2 aromatic rings. The van der Waals surface area contributed by atoms with Gasteiger partial charge in [0, 0.05) is 17.6 Å². The number of aromatic nitrogens is 2. The first-order chi connectivity index (χ1) is 9.63. The molecule has 2 N–H and O–H groups in total. The molecule has 0 aliphatic carbocycles. The quantitative estimate of drug-likeness (QED) is 0.791. The van der Waals surface area contributed by atoms with Crippen LogP contribution in [-0.2, 0) is 0 Å². The van der Waals surface area contributed by atoms with Crippen LogP contribution in [0.1, 0.15) is 16.1 Å². The van der Waals surface area contributed by atoms with Crippen LogP contribution in [0.15, 0.2) is 34.9 Å². The second-order valence-corrected chi connectivity index (χ2v) is 5.31. The average Bonchev–Trinajstić information content (AvgIpc) is 2.81. The van der Waals surface area contributed by atoms with E-state index >= 15 is 0 Å². The van der Waals surface area contributed by atoms with Crippen molar-refractivity contribution in [2.75, 3.05) is 20.1 Å². The van der Waals surface area contributed by atoms with E-state index in [-0.39, 0.29) is 18.3 Å². The Hall–Kier alpha value is -1.37. The third-order valence-corrected chi connectivity index (χ3v) is 3.46. The second kappa shape index (κ2) is 8.17. The van der Waals surface area contributed by atoms with E-state index in [0.717, 1.165) is 22.4 Å². The number of carbonyl (C=O) groups is 1. The Balaban J connectivity index is 0.00000220. The van der Waals surface area contributed by atoms with Crippen molar-refractivity contribution in [3.05, 3.63) is 46.2 Å². The van der Waals surface area contributed by atoms with Crippen molar-refractivity contribution >= 4 is 34.2 Å². The van der Waals surface area contributed by atoms with Crippen LogP contribution in [-0.4, -0.2) is 35.8 Å². The summed E-state index contributed by atoms with van der Waals surface area (Å²) in [5, 5.41) is 10.1. The molecule has 21 heavy (non-hydrogen) atoms. The predicted octanol–water partition coefficient (Wildman–Crippen LogP) is 2.31.